The minimum atomic E-state index is -0.812. The van der Waals surface area contributed by atoms with Crippen LogP contribution in [0.3, 0.4) is 0 Å². The minimum Gasteiger partial charge on any atom is -0.481 e. The van der Waals surface area contributed by atoms with E-state index < -0.39 is 5.97 Å². The lowest BCUT2D eigenvalue weighted by Crippen LogP contribution is -2.16. The molecule has 0 aliphatic heterocycles. The number of hydrogen-bond acceptors (Lipinski definition) is 2. The lowest BCUT2D eigenvalue weighted by atomic mass is 9.84. The Bertz CT molecular complexity index is 392. The van der Waals surface area contributed by atoms with Crippen molar-refractivity contribution >= 4 is 5.97 Å². The van der Waals surface area contributed by atoms with Crippen molar-refractivity contribution in [3.05, 3.63) is 17.7 Å². The lowest BCUT2D eigenvalue weighted by Gasteiger charge is -2.26. The van der Waals surface area contributed by atoms with Crippen LogP contribution < -0.4 is 0 Å². The zero-order valence-electron chi connectivity index (χ0n) is 9.81. The van der Waals surface area contributed by atoms with Crippen LogP contribution in [-0.4, -0.2) is 20.6 Å². The Hall–Kier alpha value is -1.32. The lowest BCUT2D eigenvalue weighted by molar-refractivity contribution is -0.136. The van der Waals surface area contributed by atoms with Crippen LogP contribution in [0.15, 0.2) is 6.20 Å². The molecule has 88 valence electrons. The zero-order chi connectivity index (χ0) is 11.7. The Balaban J connectivity index is 2.26. The predicted molar refractivity (Wildman–Crippen MR) is 60.5 cm³/mol. The van der Waals surface area contributed by atoms with Crippen LogP contribution >= 0.6 is 0 Å². The third kappa shape index (κ3) is 2.10. The Morgan fingerprint density at radius 1 is 1.62 bits per heavy atom. The largest absolute Gasteiger partial charge is 0.481 e. The first kappa shape index (κ1) is 11.2. The molecule has 4 nitrogen and oxygen atoms in total. The molecule has 4 heteroatoms. The normalized spacial score (nSPS) is 16.4. The first-order valence-electron chi connectivity index (χ1n) is 5.87. The van der Waals surface area contributed by atoms with Gasteiger partial charge in [-0.15, -0.1) is 0 Å². The molecule has 0 spiro atoms. The first-order valence-corrected chi connectivity index (χ1v) is 5.87. The van der Waals surface area contributed by atoms with Crippen molar-refractivity contribution in [2.45, 2.75) is 51.5 Å². The van der Waals surface area contributed by atoms with E-state index in [0.29, 0.717) is 17.7 Å². The molecule has 0 atom stereocenters. The second-order valence-corrected chi connectivity index (χ2v) is 4.79. The third-order valence-corrected chi connectivity index (χ3v) is 3.17. The molecule has 1 heterocycles. The molecule has 0 aromatic carbocycles. The van der Waals surface area contributed by atoms with Gasteiger partial charge in [-0.25, -0.2) is 4.98 Å². The molecule has 0 saturated heterocycles. The number of carboxylic acid groups (broad SMARTS) is 1. The van der Waals surface area contributed by atoms with Crippen LogP contribution in [-0.2, 0) is 11.2 Å². The summed E-state index contributed by atoms with van der Waals surface area (Å²) in [6.07, 6.45) is 5.57. The molecule has 0 bridgehead atoms. The van der Waals surface area contributed by atoms with Crippen LogP contribution in [0.2, 0.25) is 0 Å². The van der Waals surface area contributed by atoms with Crippen molar-refractivity contribution in [2.24, 2.45) is 0 Å². The van der Waals surface area contributed by atoms with Gasteiger partial charge in [0, 0.05) is 18.2 Å². The standard InChI is InChI=1S/C12H18N2O2/c1-8(2)14-7-10(6-11(15)16)13-12(14)9-4-3-5-9/h7-9H,3-6H2,1-2H3,(H,15,16). The number of carboxylic acids is 1. The SMILES string of the molecule is CC(C)n1cc(CC(=O)O)nc1C1CCC1. The summed E-state index contributed by atoms with van der Waals surface area (Å²) in [6, 6.07) is 0.352. The van der Waals surface area contributed by atoms with Gasteiger partial charge in [0.2, 0.25) is 0 Å². The quantitative estimate of drug-likeness (QED) is 0.850. The van der Waals surface area contributed by atoms with Crippen molar-refractivity contribution < 1.29 is 9.90 Å². The fraction of sp³-hybridized carbons (Fsp3) is 0.667. The van der Waals surface area contributed by atoms with Crippen molar-refractivity contribution in [3.63, 3.8) is 0 Å². The fourth-order valence-corrected chi connectivity index (χ4v) is 2.08. The summed E-state index contributed by atoms with van der Waals surface area (Å²) in [7, 11) is 0. The fourth-order valence-electron chi connectivity index (χ4n) is 2.08. The Kier molecular flexibility index (Phi) is 2.99. The van der Waals surface area contributed by atoms with Crippen LogP contribution in [0.4, 0.5) is 0 Å². The van der Waals surface area contributed by atoms with Crippen molar-refractivity contribution in [2.75, 3.05) is 0 Å². The van der Waals surface area contributed by atoms with Gasteiger partial charge in [0.05, 0.1) is 12.1 Å². The Labute approximate surface area is 95.3 Å². The van der Waals surface area contributed by atoms with E-state index in [1.165, 1.54) is 19.3 Å². The highest BCUT2D eigenvalue weighted by molar-refractivity contribution is 5.69. The van der Waals surface area contributed by atoms with Crippen LogP contribution in [0.25, 0.3) is 0 Å². The second kappa shape index (κ2) is 4.28. The minimum absolute atomic E-state index is 0.0272. The van der Waals surface area contributed by atoms with Crippen molar-refractivity contribution in [1.82, 2.24) is 9.55 Å². The average molecular weight is 222 g/mol. The van der Waals surface area contributed by atoms with E-state index in [4.69, 9.17) is 5.11 Å². The number of aliphatic carboxylic acids is 1. The molecule has 2 rings (SSSR count). The molecule has 0 unspecified atom stereocenters. The number of hydrogen-bond donors (Lipinski definition) is 1. The maximum atomic E-state index is 10.7. The van der Waals surface area contributed by atoms with Gasteiger partial charge >= 0.3 is 5.97 Å². The first-order chi connectivity index (χ1) is 7.58. The summed E-state index contributed by atoms with van der Waals surface area (Å²) in [6.45, 7) is 4.21. The molecular weight excluding hydrogens is 204 g/mol. The van der Waals surface area contributed by atoms with E-state index in [1.54, 1.807) is 0 Å². The Morgan fingerprint density at radius 3 is 2.75 bits per heavy atom. The Morgan fingerprint density at radius 2 is 2.31 bits per heavy atom. The maximum absolute atomic E-state index is 10.7. The molecule has 1 fully saturated rings. The van der Waals surface area contributed by atoms with Crippen LogP contribution in [0.5, 0.6) is 0 Å². The van der Waals surface area contributed by atoms with Gasteiger partial charge in [-0.1, -0.05) is 6.42 Å². The zero-order valence-corrected chi connectivity index (χ0v) is 9.81. The number of imidazole rings is 1. The van der Waals surface area contributed by atoms with Crippen molar-refractivity contribution in [1.29, 1.82) is 0 Å². The van der Waals surface area contributed by atoms with Gasteiger partial charge in [0.1, 0.15) is 5.82 Å². The van der Waals surface area contributed by atoms with Crippen LogP contribution in [0, 0.1) is 0 Å². The predicted octanol–water partition coefficient (Wildman–Crippen LogP) is 2.36. The highest BCUT2D eigenvalue weighted by Gasteiger charge is 2.26. The van der Waals surface area contributed by atoms with Gasteiger partial charge in [0.15, 0.2) is 0 Å². The van der Waals surface area contributed by atoms with Crippen LogP contribution in [0.1, 0.15) is 56.6 Å². The summed E-state index contributed by atoms with van der Waals surface area (Å²) in [5.41, 5.74) is 0.683. The maximum Gasteiger partial charge on any atom is 0.309 e. The van der Waals surface area contributed by atoms with Gasteiger partial charge in [-0.2, -0.15) is 0 Å². The second-order valence-electron chi connectivity index (χ2n) is 4.79. The number of rotatable bonds is 4. The van der Waals surface area contributed by atoms with Gasteiger partial charge in [0.25, 0.3) is 0 Å². The topological polar surface area (TPSA) is 55.1 Å². The third-order valence-electron chi connectivity index (χ3n) is 3.17. The molecule has 1 aliphatic rings. The number of aromatic nitrogens is 2. The molecule has 1 N–H and O–H groups in total. The van der Waals surface area contributed by atoms with E-state index in [0.717, 1.165) is 5.82 Å². The summed E-state index contributed by atoms with van der Waals surface area (Å²) >= 11 is 0. The molecule has 0 amide bonds. The van der Waals surface area contributed by atoms with Crippen molar-refractivity contribution in [3.8, 4) is 0 Å². The summed E-state index contributed by atoms with van der Waals surface area (Å²) in [5, 5.41) is 8.77. The van der Waals surface area contributed by atoms with E-state index in [-0.39, 0.29) is 6.42 Å². The molecule has 1 aromatic heterocycles. The number of carbonyl (C=O) groups is 1. The summed E-state index contributed by atoms with van der Waals surface area (Å²) in [5.74, 6) is 0.816. The summed E-state index contributed by atoms with van der Waals surface area (Å²) < 4.78 is 2.13. The molecule has 1 aromatic rings. The van der Waals surface area contributed by atoms with E-state index in [1.807, 2.05) is 6.20 Å². The van der Waals surface area contributed by atoms with Gasteiger partial charge in [-0.3, -0.25) is 4.79 Å². The molecule has 0 radical (unpaired) electrons. The smallest absolute Gasteiger partial charge is 0.309 e. The highest BCUT2D eigenvalue weighted by atomic mass is 16.4. The number of nitrogens with zero attached hydrogens (tertiary/aromatic N) is 2. The monoisotopic (exact) mass is 222 g/mol. The molecule has 1 saturated carbocycles. The molecule has 1 aliphatic carbocycles. The molecule has 16 heavy (non-hydrogen) atoms. The van der Waals surface area contributed by atoms with Gasteiger partial charge < -0.3 is 9.67 Å². The highest BCUT2D eigenvalue weighted by Crippen LogP contribution is 2.36. The summed E-state index contributed by atoms with van der Waals surface area (Å²) in [4.78, 5) is 15.1. The van der Waals surface area contributed by atoms with E-state index in [9.17, 15) is 4.79 Å². The molecular formula is C12H18N2O2. The average Bonchev–Trinajstić information content (AvgIpc) is 2.44. The van der Waals surface area contributed by atoms with Gasteiger partial charge in [-0.05, 0) is 26.7 Å². The van der Waals surface area contributed by atoms with E-state index in [2.05, 4.69) is 23.4 Å². The van der Waals surface area contributed by atoms with E-state index >= 15 is 0 Å².